The van der Waals surface area contributed by atoms with Gasteiger partial charge in [-0.1, -0.05) is 43.1 Å². The summed E-state index contributed by atoms with van der Waals surface area (Å²) in [7, 11) is -2.42. The lowest BCUT2D eigenvalue weighted by Gasteiger charge is -2.32. The number of rotatable bonds is 12. The van der Waals surface area contributed by atoms with Gasteiger partial charge in [0.1, 0.15) is 18.3 Å². The van der Waals surface area contributed by atoms with Crippen LogP contribution in [-0.2, 0) is 26.2 Å². The van der Waals surface area contributed by atoms with Crippen molar-refractivity contribution in [1.29, 1.82) is 0 Å². The molecule has 2 rings (SSSR count). The highest BCUT2D eigenvalue weighted by Gasteiger charge is 2.31. The zero-order chi connectivity index (χ0) is 26.2. The molecule has 2 amide bonds. The van der Waals surface area contributed by atoms with E-state index in [0.29, 0.717) is 17.3 Å². The second-order valence-corrected chi connectivity index (χ2v) is 10.8. The summed E-state index contributed by atoms with van der Waals surface area (Å²) in [6.07, 6.45) is 2.77. The molecule has 1 unspecified atom stereocenters. The van der Waals surface area contributed by atoms with Gasteiger partial charge in [0.2, 0.25) is 21.8 Å². The molecule has 0 radical (unpaired) electrons. The number of carbonyl (C=O) groups is 2. The van der Waals surface area contributed by atoms with Crippen LogP contribution in [-0.4, -0.2) is 57.6 Å². The molecule has 0 spiro atoms. The van der Waals surface area contributed by atoms with Crippen LogP contribution in [0.3, 0.4) is 0 Å². The molecule has 10 heteroatoms. The Morgan fingerprint density at radius 1 is 1.17 bits per heavy atom. The lowest BCUT2D eigenvalue weighted by atomic mass is 10.1. The lowest BCUT2D eigenvalue weighted by molar-refractivity contribution is -0.139. The minimum Gasteiger partial charge on any atom is -0.495 e. The predicted molar refractivity (Wildman–Crippen MR) is 139 cm³/mol. The molecular weight excluding hydrogens is 490 g/mol. The number of benzene rings is 2. The van der Waals surface area contributed by atoms with Crippen LogP contribution in [0.25, 0.3) is 0 Å². The van der Waals surface area contributed by atoms with Crippen LogP contribution in [0.5, 0.6) is 5.75 Å². The Hall–Kier alpha value is -2.78. The Labute approximate surface area is 213 Å². The molecule has 0 fully saturated rings. The number of amides is 2. The van der Waals surface area contributed by atoms with Crippen LogP contribution in [0, 0.1) is 6.92 Å². The van der Waals surface area contributed by atoms with Crippen molar-refractivity contribution in [2.45, 2.75) is 46.2 Å². The Morgan fingerprint density at radius 3 is 2.49 bits per heavy atom. The van der Waals surface area contributed by atoms with Crippen molar-refractivity contribution >= 4 is 39.1 Å². The standard InChI is InChI=1S/C25H34ClN3O5S/c1-6-7-13-27-25(31)19(3)28(16-20-9-8-10-21(26)15-20)24(30)17-29(35(5,32)33)22-14-18(2)11-12-23(22)34-4/h8-12,14-15,19H,6-7,13,16-17H2,1-5H3,(H,27,31). The summed E-state index contributed by atoms with van der Waals surface area (Å²) >= 11 is 6.12. The quantitative estimate of drug-likeness (QED) is 0.427. The van der Waals surface area contributed by atoms with Crippen molar-refractivity contribution in [3.63, 3.8) is 0 Å². The number of nitrogens with one attached hydrogen (secondary N) is 1. The van der Waals surface area contributed by atoms with Gasteiger partial charge in [-0.3, -0.25) is 13.9 Å². The Kier molecular flexibility index (Phi) is 10.4. The molecule has 0 aromatic heterocycles. The molecular formula is C25H34ClN3O5S. The highest BCUT2D eigenvalue weighted by molar-refractivity contribution is 7.92. The van der Waals surface area contributed by atoms with Gasteiger partial charge in [0.25, 0.3) is 0 Å². The number of unbranched alkanes of at least 4 members (excludes halogenated alkanes) is 1. The summed E-state index contributed by atoms with van der Waals surface area (Å²) in [6.45, 7) is 5.55. The number of aryl methyl sites for hydroxylation is 1. The van der Waals surface area contributed by atoms with Gasteiger partial charge in [0, 0.05) is 18.1 Å². The summed E-state index contributed by atoms with van der Waals surface area (Å²) in [4.78, 5) is 27.8. The molecule has 2 aromatic carbocycles. The fourth-order valence-electron chi connectivity index (χ4n) is 3.54. The van der Waals surface area contributed by atoms with Gasteiger partial charge in [-0.05, 0) is 55.7 Å². The van der Waals surface area contributed by atoms with Crippen LogP contribution >= 0.6 is 11.6 Å². The van der Waals surface area contributed by atoms with Gasteiger partial charge in [-0.2, -0.15) is 0 Å². The van der Waals surface area contributed by atoms with Crippen molar-refractivity contribution in [3.8, 4) is 5.75 Å². The first-order valence-electron chi connectivity index (χ1n) is 11.4. The van der Waals surface area contributed by atoms with E-state index < -0.39 is 28.5 Å². The van der Waals surface area contributed by atoms with Gasteiger partial charge in [0.05, 0.1) is 19.1 Å². The van der Waals surface area contributed by atoms with Gasteiger partial charge in [-0.15, -0.1) is 0 Å². The van der Waals surface area contributed by atoms with E-state index in [0.717, 1.165) is 34.5 Å². The van der Waals surface area contributed by atoms with E-state index in [-0.39, 0.29) is 18.1 Å². The number of methoxy groups -OCH3 is 1. The third kappa shape index (κ3) is 8.14. The minimum atomic E-state index is -3.85. The van der Waals surface area contributed by atoms with E-state index in [9.17, 15) is 18.0 Å². The minimum absolute atomic E-state index is 0.0876. The largest absolute Gasteiger partial charge is 0.495 e. The highest BCUT2D eigenvalue weighted by Crippen LogP contribution is 2.31. The number of halogens is 1. The van der Waals surface area contributed by atoms with E-state index >= 15 is 0 Å². The predicted octanol–water partition coefficient (Wildman–Crippen LogP) is 3.76. The van der Waals surface area contributed by atoms with Crippen molar-refractivity contribution < 1.29 is 22.7 Å². The number of carbonyl (C=O) groups excluding carboxylic acids is 2. The molecule has 2 aromatic rings. The molecule has 0 aliphatic carbocycles. The molecule has 0 saturated carbocycles. The molecule has 0 bridgehead atoms. The second kappa shape index (κ2) is 12.8. The third-order valence-corrected chi connectivity index (χ3v) is 6.88. The first kappa shape index (κ1) is 28.5. The molecule has 0 heterocycles. The van der Waals surface area contributed by atoms with Gasteiger partial charge in [-0.25, -0.2) is 8.42 Å². The molecule has 1 N–H and O–H groups in total. The summed E-state index contributed by atoms with van der Waals surface area (Å²) in [5, 5.41) is 3.34. The topological polar surface area (TPSA) is 96.0 Å². The molecule has 1 atom stereocenters. The smallest absolute Gasteiger partial charge is 0.244 e. The normalized spacial score (nSPS) is 12.1. The van der Waals surface area contributed by atoms with E-state index in [1.54, 1.807) is 49.4 Å². The summed E-state index contributed by atoms with van der Waals surface area (Å²) in [5.74, 6) is -0.523. The third-order valence-electron chi connectivity index (χ3n) is 5.52. The van der Waals surface area contributed by atoms with Crippen molar-refractivity contribution in [2.24, 2.45) is 0 Å². The van der Waals surface area contributed by atoms with E-state index in [1.165, 1.54) is 12.0 Å². The van der Waals surface area contributed by atoms with Gasteiger partial charge >= 0.3 is 0 Å². The number of hydrogen-bond acceptors (Lipinski definition) is 5. The highest BCUT2D eigenvalue weighted by atomic mass is 35.5. The zero-order valence-electron chi connectivity index (χ0n) is 20.9. The van der Waals surface area contributed by atoms with Crippen LogP contribution in [0.15, 0.2) is 42.5 Å². The Balaban J connectivity index is 2.42. The maximum absolute atomic E-state index is 13.6. The molecule has 0 aliphatic rings. The maximum Gasteiger partial charge on any atom is 0.244 e. The van der Waals surface area contributed by atoms with Gasteiger partial charge < -0.3 is 15.0 Å². The van der Waals surface area contributed by atoms with E-state index in [1.807, 2.05) is 13.8 Å². The molecule has 35 heavy (non-hydrogen) atoms. The molecule has 0 saturated heterocycles. The van der Waals surface area contributed by atoms with Crippen LogP contribution in [0.1, 0.15) is 37.8 Å². The Morgan fingerprint density at radius 2 is 1.89 bits per heavy atom. The average Bonchev–Trinajstić information content (AvgIpc) is 2.79. The summed E-state index contributed by atoms with van der Waals surface area (Å²) in [5.41, 5.74) is 1.78. The maximum atomic E-state index is 13.6. The molecule has 192 valence electrons. The average molecular weight is 524 g/mol. The zero-order valence-corrected chi connectivity index (χ0v) is 22.4. The Bertz CT molecular complexity index is 1140. The number of sulfonamides is 1. The van der Waals surface area contributed by atoms with Crippen LogP contribution in [0.2, 0.25) is 5.02 Å². The fourth-order valence-corrected chi connectivity index (χ4v) is 4.60. The molecule has 0 aliphatic heterocycles. The number of hydrogen-bond donors (Lipinski definition) is 1. The van der Waals surface area contributed by atoms with Crippen molar-refractivity contribution in [1.82, 2.24) is 10.2 Å². The SMILES string of the molecule is CCCCNC(=O)C(C)N(Cc1cccc(Cl)c1)C(=O)CN(c1cc(C)ccc1OC)S(C)(=O)=O. The monoisotopic (exact) mass is 523 g/mol. The summed E-state index contributed by atoms with van der Waals surface area (Å²) < 4.78 is 31.9. The van der Waals surface area contributed by atoms with Crippen LogP contribution in [0.4, 0.5) is 5.69 Å². The first-order chi connectivity index (χ1) is 16.5. The summed E-state index contributed by atoms with van der Waals surface area (Å²) in [6, 6.07) is 11.2. The van der Waals surface area contributed by atoms with Crippen molar-refractivity contribution in [2.75, 3.05) is 30.8 Å². The van der Waals surface area contributed by atoms with E-state index in [4.69, 9.17) is 16.3 Å². The second-order valence-electron chi connectivity index (χ2n) is 8.42. The van der Waals surface area contributed by atoms with Gasteiger partial charge in [0.15, 0.2) is 0 Å². The lowest BCUT2D eigenvalue weighted by Crippen LogP contribution is -2.51. The first-order valence-corrected chi connectivity index (χ1v) is 13.6. The van der Waals surface area contributed by atoms with Crippen LogP contribution < -0.4 is 14.4 Å². The van der Waals surface area contributed by atoms with Crippen molar-refractivity contribution in [3.05, 3.63) is 58.6 Å². The molecule has 8 nitrogen and oxygen atoms in total. The fraction of sp³-hybridized carbons (Fsp3) is 0.440. The van der Waals surface area contributed by atoms with E-state index in [2.05, 4.69) is 5.32 Å². The number of nitrogens with zero attached hydrogens (tertiary/aromatic N) is 2. The number of ether oxygens (including phenoxy) is 1. The number of anilines is 1.